The summed E-state index contributed by atoms with van der Waals surface area (Å²) in [6.07, 6.45) is 7.97. The molecule has 2 aliphatic rings. The van der Waals surface area contributed by atoms with E-state index in [4.69, 9.17) is 5.73 Å². The highest BCUT2D eigenvalue weighted by molar-refractivity contribution is 5.79. The maximum atomic E-state index is 13.3. The second-order valence-electron chi connectivity index (χ2n) is 7.64. The van der Waals surface area contributed by atoms with Gasteiger partial charge >= 0.3 is 0 Å². The van der Waals surface area contributed by atoms with Crippen LogP contribution in [0.4, 0.5) is 10.3 Å². The average molecular weight is 368 g/mol. The number of hydrogen-bond acceptors (Lipinski definition) is 4. The van der Waals surface area contributed by atoms with E-state index in [-0.39, 0.29) is 23.6 Å². The fourth-order valence-corrected chi connectivity index (χ4v) is 4.40. The second kappa shape index (κ2) is 7.62. The Morgan fingerprint density at radius 1 is 1.11 bits per heavy atom. The average Bonchev–Trinajstić information content (AvgIpc) is 3.23. The molecule has 6 heteroatoms. The minimum absolute atomic E-state index is 0.120. The number of anilines is 1. The maximum absolute atomic E-state index is 13.3. The minimum atomic E-state index is -0.275. The van der Waals surface area contributed by atoms with Crippen molar-refractivity contribution in [1.29, 1.82) is 0 Å². The molecule has 2 N–H and O–H groups in total. The smallest absolute Gasteiger partial charge is 0.225 e. The van der Waals surface area contributed by atoms with Gasteiger partial charge in [-0.1, -0.05) is 25.0 Å². The van der Waals surface area contributed by atoms with Crippen LogP contribution < -0.4 is 5.73 Å². The number of carbonyl (C=O) groups is 1. The number of piperidine rings is 1. The number of rotatable bonds is 3. The van der Waals surface area contributed by atoms with Crippen LogP contribution in [0.15, 0.2) is 30.5 Å². The van der Waals surface area contributed by atoms with Crippen molar-refractivity contribution in [2.45, 2.75) is 44.4 Å². The van der Waals surface area contributed by atoms with E-state index >= 15 is 0 Å². The van der Waals surface area contributed by atoms with Gasteiger partial charge in [0.05, 0.1) is 5.69 Å². The first-order chi connectivity index (χ1) is 13.1. The van der Waals surface area contributed by atoms with Crippen molar-refractivity contribution in [1.82, 2.24) is 14.9 Å². The van der Waals surface area contributed by atoms with Crippen molar-refractivity contribution in [3.63, 3.8) is 0 Å². The monoisotopic (exact) mass is 368 g/mol. The molecule has 1 atom stereocenters. The zero-order chi connectivity index (χ0) is 18.8. The molecule has 1 aromatic carbocycles. The lowest BCUT2D eigenvalue weighted by Crippen LogP contribution is -2.42. The Morgan fingerprint density at radius 3 is 2.59 bits per heavy atom. The van der Waals surface area contributed by atoms with E-state index in [1.807, 2.05) is 4.90 Å². The van der Waals surface area contributed by atoms with Crippen molar-refractivity contribution in [2.24, 2.45) is 5.92 Å². The van der Waals surface area contributed by atoms with Gasteiger partial charge in [-0.25, -0.2) is 14.4 Å². The second-order valence-corrected chi connectivity index (χ2v) is 7.64. The van der Waals surface area contributed by atoms with Gasteiger partial charge in [0.1, 0.15) is 5.82 Å². The number of benzene rings is 1. The summed E-state index contributed by atoms with van der Waals surface area (Å²) < 4.78 is 13.3. The Bertz CT molecular complexity index is 817. The largest absolute Gasteiger partial charge is 0.368 e. The fourth-order valence-electron chi connectivity index (χ4n) is 4.40. The molecule has 0 radical (unpaired) electrons. The molecule has 1 saturated heterocycles. The number of nitrogen functional groups attached to an aromatic ring is 1. The van der Waals surface area contributed by atoms with Crippen molar-refractivity contribution in [3.8, 4) is 11.1 Å². The quantitative estimate of drug-likeness (QED) is 0.895. The highest BCUT2D eigenvalue weighted by Crippen LogP contribution is 2.35. The van der Waals surface area contributed by atoms with Gasteiger partial charge in [0, 0.05) is 36.7 Å². The fraction of sp³-hybridized carbons (Fsp3) is 0.476. The Balaban J connectivity index is 1.61. The Labute approximate surface area is 158 Å². The Hall–Kier alpha value is -2.50. The first-order valence-corrected chi connectivity index (χ1v) is 9.79. The van der Waals surface area contributed by atoms with E-state index in [0.717, 1.165) is 61.9 Å². The van der Waals surface area contributed by atoms with Gasteiger partial charge in [-0.3, -0.25) is 4.79 Å². The number of aromatic nitrogens is 2. The van der Waals surface area contributed by atoms with Crippen molar-refractivity contribution in [3.05, 3.63) is 42.0 Å². The topological polar surface area (TPSA) is 72.1 Å². The van der Waals surface area contributed by atoms with E-state index in [0.29, 0.717) is 12.5 Å². The summed E-state index contributed by atoms with van der Waals surface area (Å²) in [6, 6.07) is 6.34. The predicted octanol–water partition coefficient (Wildman–Crippen LogP) is 3.76. The van der Waals surface area contributed by atoms with Crippen LogP contribution in [0.2, 0.25) is 0 Å². The van der Waals surface area contributed by atoms with Crippen LogP contribution in [0.5, 0.6) is 0 Å². The number of halogens is 1. The van der Waals surface area contributed by atoms with Gasteiger partial charge in [-0.15, -0.1) is 0 Å². The molecular formula is C21H25FN4O. The highest BCUT2D eigenvalue weighted by Gasteiger charge is 2.32. The number of amides is 1. The standard InChI is InChI=1S/C21H25FN4O/c22-17-9-7-14(8-10-17)18-12-24-21(23)25-19(18)16-6-3-11-26(13-16)20(27)15-4-1-2-5-15/h7-10,12,15-16H,1-6,11,13H2,(H2,23,24,25)/t16-/m1/s1. The van der Waals surface area contributed by atoms with Crippen LogP contribution in [0.1, 0.15) is 50.1 Å². The van der Waals surface area contributed by atoms with Gasteiger partial charge in [-0.05, 0) is 43.4 Å². The minimum Gasteiger partial charge on any atom is -0.368 e. The zero-order valence-electron chi connectivity index (χ0n) is 15.4. The summed E-state index contributed by atoms with van der Waals surface area (Å²) in [4.78, 5) is 23.5. The van der Waals surface area contributed by atoms with Crippen molar-refractivity contribution >= 4 is 11.9 Å². The Morgan fingerprint density at radius 2 is 1.85 bits per heavy atom. The number of nitrogens with zero attached hydrogens (tertiary/aromatic N) is 3. The van der Waals surface area contributed by atoms with Gasteiger partial charge in [0.15, 0.2) is 0 Å². The highest BCUT2D eigenvalue weighted by atomic mass is 19.1. The van der Waals surface area contributed by atoms with Crippen LogP contribution in [0.25, 0.3) is 11.1 Å². The Kier molecular flexibility index (Phi) is 5.05. The molecule has 142 valence electrons. The molecule has 27 heavy (non-hydrogen) atoms. The van der Waals surface area contributed by atoms with E-state index in [1.54, 1.807) is 18.3 Å². The summed E-state index contributed by atoms with van der Waals surface area (Å²) in [5.74, 6) is 0.561. The molecule has 4 rings (SSSR count). The van der Waals surface area contributed by atoms with Crippen molar-refractivity contribution < 1.29 is 9.18 Å². The molecule has 1 saturated carbocycles. The third-order valence-electron chi connectivity index (χ3n) is 5.82. The molecule has 1 aliphatic heterocycles. The molecular weight excluding hydrogens is 343 g/mol. The van der Waals surface area contributed by atoms with Crippen LogP contribution >= 0.6 is 0 Å². The molecule has 2 heterocycles. The first kappa shape index (κ1) is 17.9. The lowest BCUT2D eigenvalue weighted by Gasteiger charge is -2.34. The molecule has 0 bridgehead atoms. The normalized spacial score (nSPS) is 20.8. The first-order valence-electron chi connectivity index (χ1n) is 9.79. The van der Waals surface area contributed by atoms with Crippen LogP contribution in [0.3, 0.4) is 0 Å². The van der Waals surface area contributed by atoms with Crippen LogP contribution in [-0.2, 0) is 4.79 Å². The summed E-state index contributed by atoms with van der Waals surface area (Å²) in [5, 5.41) is 0. The van der Waals surface area contributed by atoms with Gasteiger partial charge < -0.3 is 10.6 Å². The maximum Gasteiger partial charge on any atom is 0.225 e. The summed E-state index contributed by atoms with van der Waals surface area (Å²) >= 11 is 0. The third kappa shape index (κ3) is 3.80. The molecule has 1 aromatic heterocycles. The van der Waals surface area contributed by atoms with Crippen LogP contribution in [-0.4, -0.2) is 33.9 Å². The molecule has 0 spiro atoms. The lowest BCUT2D eigenvalue weighted by molar-refractivity contribution is -0.136. The van der Waals surface area contributed by atoms with Gasteiger partial charge in [-0.2, -0.15) is 0 Å². The lowest BCUT2D eigenvalue weighted by atomic mass is 9.89. The van der Waals surface area contributed by atoms with E-state index < -0.39 is 0 Å². The SMILES string of the molecule is Nc1ncc(-c2ccc(F)cc2)c([C@@H]2CCCN(C(=O)C3CCCC3)C2)n1. The predicted molar refractivity (Wildman–Crippen MR) is 102 cm³/mol. The number of nitrogens with two attached hydrogens (primary N) is 1. The van der Waals surface area contributed by atoms with E-state index in [2.05, 4.69) is 9.97 Å². The summed E-state index contributed by atoms with van der Waals surface area (Å²) in [6.45, 7) is 1.48. The number of carbonyl (C=O) groups excluding carboxylic acids is 1. The molecule has 5 nitrogen and oxygen atoms in total. The molecule has 0 unspecified atom stereocenters. The third-order valence-corrected chi connectivity index (χ3v) is 5.82. The van der Waals surface area contributed by atoms with E-state index in [1.165, 1.54) is 12.1 Å². The number of likely N-dealkylation sites (tertiary alicyclic amines) is 1. The molecule has 2 aromatic rings. The molecule has 1 aliphatic carbocycles. The van der Waals surface area contributed by atoms with Crippen molar-refractivity contribution in [2.75, 3.05) is 18.8 Å². The summed E-state index contributed by atoms with van der Waals surface area (Å²) in [7, 11) is 0. The van der Waals surface area contributed by atoms with Gasteiger partial charge in [0.2, 0.25) is 11.9 Å². The zero-order valence-corrected chi connectivity index (χ0v) is 15.4. The van der Waals surface area contributed by atoms with E-state index in [9.17, 15) is 9.18 Å². The summed E-state index contributed by atoms with van der Waals surface area (Å²) in [5.41, 5.74) is 8.46. The van der Waals surface area contributed by atoms with Crippen LogP contribution in [0, 0.1) is 11.7 Å². The van der Waals surface area contributed by atoms with Gasteiger partial charge in [0.25, 0.3) is 0 Å². The molecule has 2 fully saturated rings. The number of hydrogen-bond donors (Lipinski definition) is 1. The molecule has 1 amide bonds.